The minimum absolute atomic E-state index is 0.0150. The van der Waals surface area contributed by atoms with E-state index in [1.807, 2.05) is 54.6 Å². The number of nitrogens with two attached hydrogens (primary N) is 1. The van der Waals surface area contributed by atoms with Gasteiger partial charge in [0, 0.05) is 11.6 Å². The lowest BCUT2D eigenvalue weighted by Gasteiger charge is -2.45. The molecule has 0 radical (unpaired) electrons. The smallest absolute Gasteiger partial charge is 0.242 e. The summed E-state index contributed by atoms with van der Waals surface area (Å²) in [5.41, 5.74) is 8.04. The van der Waals surface area contributed by atoms with Crippen molar-refractivity contribution >= 4 is 17.5 Å². The fourth-order valence-corrected chi connectivity index (χ4v) is 2.81. The van der Waals surface area contributed by atoms with Gasteiger partial charge >= 0.3 is 0 Å². The molecule has 0 aliphatic carbocycles. The van der Waals surface area contributed by atoms with Gasteiger partial charge in [-0.25, -0.2) is 0 Å². The lowest BCUT2D eigenvalue weighted by Crippen LogP contribution is -2.62. The molecule has 0 aromatic heterocycles. The number of rotatable bonds is 3. The first kappa shape index (κ1) is 13.2. The monoisotopic (exact) mass is 286 g/mol. The van der Waals surface area contributed by atoms with Crippen LogP contribution in [0.25, 0.3) is 0 Å². The van der Waals surface area contributed by atoms with E-state index in [1.54, 1.807) is 4.90 Å². The van der Waals surface area contributed by atoms with Crippen LogP contribution in [0.3, 0.4) is 0 Å². The zero-order valence-corrected chi connectivity index (χ0v) is 11.6. The van der Waals surface area contributed by atoms with Crippen LogP contribution in [0.15, 0.2) is 54.6 Å². The summed E-state index contributed by atoms with van der Waals surface area (Å²) in [7, 11) is 0. The second kappa shape index (κ2) is 5.27. The molecule has 1 fully saturated rings. The van der Waals surface area contributed by atoms with E-state index < -0.39 is 6.04 Å². The fraction of sp³-hybridized carbons (Fsp3) is 0.188. The maximum Gasteiger partial charge on any atom is 0.242 e. The molecular formula is C16H15ClN2O. The lowest BCUT2D eigenvalue weighted by molar-refractivity contribution is -0.150. The Balaban J connectivity index is 1.84. The highest BCUT2D eigenvalue weighted by molar-refractivity contribution is 6.30. The molecule has 0 spiro atoms. The number of nitrogens with zero attached hydrogens (tertiary/aromatic N) is 1. The Labute approximate surface area is 123 Å². The first-order valence-electron chi connectivity index (χ1n) is 6.52. The minimum Gasteiger partial charge on any atom is -0.328 e. The topological polar surface area (TPSA) is 46.3 Å². The van der Waals surface area contributed by atoms with Crippen molar-refractivity contribution in [1.82, 2.24) is 4.90 Å². The summed E-state index contributed by atoms with van der Waals surface area (Å²) >= 11 is 6.02. The average Bonchev–Trinajstić information content (AvgIpc) is 2.47. The Morgan fingerprint density at radius 3 is 2.55 bits per heavy atom. The Bertz CT molecular complexity index is 629. The highest BCUT2D eigenvalue weighted by Gasteiger charge is 2.45. The van der Waals surface area contributed by atoms with E-state index in [0.29, 0.717) is 11.6 Å². The summed E-state index contributed by atoms with van der Waals surface area (Å²) in [4.78, 5) is 13.8. The van der Waals surface area contributed by atoms with Crippen LogP contribution < -0.4 is 5.73 Å². The molecular weight excluding hydrogens is 272 g/mol. The van der Waals surface area contributed by atoms with E-state index in [9.17, 15) is 4.79 Å². The van der Waals surface area contributed by atoms with Crippen LogP contribution in [-0.2, 0) is 11.3 Å². The minimum atomic E-state index is -0.475. The number of carbonyl (C=O) groups is 1. The summed E-state index contributed by atoms with van der Waals surface area (Å²) in [5, 5.41) is 0.661. The van der Waals surface area contributed by atoms with Gasteiger partial charge in [0.2, 0.25) is 5.91 Å². The Hall–Kier alpha value is -1.84. The SMILES string of the molecule is N[C@@H]1C(=O)N(Cc2ccccc2)[C@@H]1c1cccc(Cl)c1. The zero-order chi connectivity index (χ0) is 14.1. The molecule has 1 saturated heterocycles. The molecule has 1 amide bonds. The number of benzene rings is 2. The van der Waals surface area contributed by atoms with Crippen molar-refractivity contribution in [3.05, 3.63) is 70.7 Å². The molecule has 3 rings (SSSR count). The van der Waals surface area contributed by atoms with Crippen molar-refractivity contribution in [3.8, 4) is 0 Å². The van der Waals surface area contributed by atoms with Gasteiger partial charge in [0.1, 0.15) is 6.04 Å². The molecule has 4 heteroatoms. The quantitative estimate of drug-likeness (QED) is 0.882. The van der Waals surface area contributed by atoms with Crippen molar-refractivity contribution in [1.29, 1.82) is 0 Å². The molecule has 1 aliphatic heterocycles. The van der Waals surface area contributed by atoms with Gasteiger partial charge in [-0.05, 0) is 23.3 Å². The van der Waals surface area contributed by atoms with Crippen LogP contribution in [0.4, 0.5) is 0 Å². The highest BCUT2D eigenvalue weighted by atomic mass is 35.5. The van der Waals surface area contributed by atoms with Crippen LogP contribution in [0.5, 0.6) is 0 Å². The van der Waals surface area contributed by atoms with E-state index in [2.05, 4.69) is 0 Å². The molecule has 2 atom stereocenters. The molecule has 2 aromatic carbocycles. The normalized spacial score (nSPS) is 21.7. The number of hydrogen-bond acceptors (Lipinski definition) is 2. The van der Waals surface area contributed by atoms with E-state index in [0.717, 1.165) is 11.1 Å². The molecule has 2 aromatic rings. The summed E-state index contributed by atoms with van der Waals surface area (Å²) in [6.07, 6.45) is 0. The summed E-state index contributed by atoms with van der Waals surface area (Å²) < 4.78 is 0. The van der Waals surface area contributed by atoms with Crippen LogP contribution in [0.2, 0.25) is 5.02 Å². The largest absolute Gasteiger partial charge is 0.328 e. The number of amides is 1. The summed E-state index contributed by atoms with van der Waals surface area (Å²) in [5.74, 6) is -0.0150. The molecule has 0 bridgehead atoms. The molecule has 0 saturated carbocycles. The van der Waals surface area contributed by atoms with Crippen LogP contribution in [0.1, 0.15) is 17.2 Å². The van der Waals surface area contributed by atoms with Gasteiger partial charge < -0.3 is 10.6 Å². The van der Waals surface area contributed by atoms with Crippen molar-refractivity contribution in [2.45, 2.75) is 18.6 Å². The van der Waals surface area contributed by atoms with E-state index >= 15 is 0 Å². The van der Waals surface area contributed by atoms with Crippen LogP contribution in [0, 0.1) is 0 Å². The third kappa shape index (κ3) is 2.30. The van der Waals surface area contributed by atoms with Crippen molar-refractivity contribution in [3.63, 3.8) is 0 Å². The van der Waals surface area contributed by atoms with E-state index in [1.165, 1.54) is 0 Å². The van der Waals surface area contributed by atoms with Gasteiger partial charge in [-0.15, -0.1) is 0 Å². The predicted octanol–water partition coefficient (Wildman–Crippen LogP) is 2.75. The predicted molar refractivity (Wildman–Crippen MR) is 79.2 cm³/mol. The van der Waals surface area contributed by atoms with Gasteiger partial charge in [-0.1, -0.05) is 54.1 Å². The number of hydrogen-bond donors (Lipinski definition) is 1. The molecule has 1 aliphatic rings. The lowest BCUT2D eigenvalue weighted by atomic mass is 9.88. The third-order valence-corrected chi connectivity index (χ3v) is 3.87. The van der Waals surface area contributed by atoms with Gasteiger partial charge in [-0.3, -0.25) is 4.79 Å². The van der Waals surface area contributed by atoms with E-state index in [-0.39, 0.29) is 11.9 Å². The Morgan fingerprint density at radius 1 is 1.10 bits per heavy atom. The first-order chi connectivity index (χ1) is 9.66. The van der Waals surface area contributed by atoms with Crippen molar-refractivity contribution in [2.24, 2.45) is 5.73 Å². The second-order valence-electron chi connectivity index (χ2n) is 4.98. The van der Waals surface area contributed by atoms with Gasteiger partial charge in [0.05, 0.1) is 6.04 Å². The van der Waals surface area contributed by atoms with Gasteiger partial charge in [0.25, 0.3) is 0 Å². The highest BCUT2D eigenvalue weighted by Crippen LogP contribution is 2.35. The van der Waals surface area contributed by atoms with Gasteiger partial charge in [-0.2, -0.15) is 0 Å². The standard InChI is InChI=1S/C16H15ClN2O/c17-13-8-4-7-12(9-13)15-14(18)16(20)19(15)10-11-5-2-1-3-6-11/h1-9,14-15H,10,18H2/t14-,15+/m0/s1. The third-order valence-electron chi connectivity index (χ3n) is 3.63. The van der Waals surface area contributed by atoms with Gasteiger partial charge in [0.15, 0.2) is 0 Å². The maximum absolute atomic E-state index is 12.0. The number of likely N-dealkylation sites (tertiary alicyclic amines) is 1. The first-order valence-corrected chi connectivity index (χ1v) is 6.90. The zero-order valence-electron chi connectivity index (χ0n) is 10.9. The molecule has 102 valence electrons. The summed E-state index contributed by atoms with van der Waals surface area (Å²) in [6, 6.07) is 16.9. The van der Waals surface area contributed by atoms with Crippen molar-refractivity contribution < 1.29 is 4.79 Å². The second-order valence-corrected chi connectivity index (χ2v) is 5.41. The molecule has 20 heavy (non-hydrogen) atoms. The summed E-state index contributed by atoms with van der Waals surface area (Å²) in [6.45, 7) is 0.574. The molecule has 0 unspecified atom stereocenters. The maximum atomic E-state index is 12.0. The average molecular weight is 287 g/mol. The molecule has 1 heterocycles. The molecule has 2 N–H and O–H groups in total. The fourth-order valence-electron chi connectivity index (χ4n) is 2.61. The van der Waals surface area contributed by atoms with Crippen LogP contribution >= 0.6 is 11.6 Å². The van der Waals surface area contributed by atoms with Crippen molar-refractivity contribution in [2.75, 3.05) is 0 Å². The Morgan fingerprint density at radius 2 is 1.85 bits per heavy atom. The number of halogens is 1. The van der Waals surface area contributed by atoms with E-state index in [4.69, 9.17) is 17.3 Å². The van der Waals surface area contributed by atoms with Crippen LogP contribution in [-0.4, -0.2) is 16.8 Å². The molecule has 3 nitrogen and oxygen atoms in total. The number of carbonyl (C=O) groups excluding carboxylic acids is 1. The Kier molecular flexibility index (Phi) is 3.47. The number of β-lactam (4-membered cyclic amide) rings is 1.